The summed E-state index contributed by atoms with van der Waals surface area (Å²) in [4.78, 5) is 12.6. The lowest BCUT2D eigenvalue weighted by molar-refractivity contribution is -0.121. The fraction of sp³-hybridized carbons (Fsp3) is 0.500. The fourth-order valence-electron chi connectivity index (χ4n) is 1.32. The summed E-state index contributed by atoms with van der Waals surface area (Å²) in [6, 6.07) is 5.65. The molecule has 1 atom stereocenters. The predicted molar refractivity (Wildman–Crippen MR) is 68.5 cm³/mol. The minimum Gasteiger partial charge on any atom is -0.356 e. The minimum atomic E-state index is -0.422. The Morgan fingerprint density at radius 1 is 1.65 bits per heavy atom. The van der Waals surface area contributed by atoms with Crippen molar-refractivity contribution in [3.8, 4) is 6.07 Å². The zero-order valence-electron chi connectivity index (χ0n) is 9.90. The third-order valence-corrected chi connectivity index (χ3v) is 3.10. The van der Waals surface area contributed by atoms with Crippen LogP contribution >= 0.6 is 11.3 Å². The van der Waals surface area contributed by atoms with E-state index in [1.807, 2.05) is 24.4 Å². The Kier molecular flexibility index (Phi) is 6.30. The van der Waals surface area contributed by atoms with E-state index in [0.29, 0.717) is 13.1 Å². The second kappa shape index (κ2) is 7.82. The van der Waals surface area contributed by atoms with Gasteiger partial charge < -0.3 is 5.32 Å². The van der Waals surface area contributed by atoms with Crippen LogP contribution in [0.15, 0.2) is 17.5 Å². The highest BCUT2D eigenvalue weighted by Crippen LogP contribution is 2.08. The van der Waals surface area contributed by atoms with Gasteiger partial charge in [0.1, 0.15) is 6.04 Å². The molecule has 5 heteroatoms. The Morgan fingerprint density at radius 2 is 2.47 bits per heavy atom. The molecule has 2 N–H and O–H groups in total. The molecule has 92 valence electrons. The lowest BCUT2D eigenvalue weighted by Crippen LogP contribution is -2.34. The summed E-state index contributed by atoms with van der Waals surface area (Å²) in [5.74, 6) is -0.0721. The molecule has 1 aromatic rings. The molecule has 17 heavy (non-hydrogen) atoms. The van der Waals surface area contributed by atoms with E-state index >= 15 is 0 Å². The minimum absolute atomic E-state index is 0.0721. The van der Waals surface area contributed by atoms with Gasteiger partial charge in [0, 0.05) is 18.0 Å². The number of hydrogen-bond donors (Lipinski definition) is 2. The van der Waals surface area contributed by atoms with Crippen molar-refractivity contribution in [2.24, 2.45) is 0 Å². The monoisotopic (exact) mass is 251 g/mol. The standard InChI is InChI=1S/C12H17N3OS/c1-2-5-14-12(16)7-10(8-13)15-9-11-4-3-6-17-11/h3-4,6,10,15H,2,5,7,9H2,1H3,(H,14,16). The predicted octanol–water partition coefficient (Wildman–Crippen LogP) is 1.65. The van der Waals surface area contributed by atoms with Crippen molar-refractivity contribution in [1.29, 1.82) is 5.26 Å². The van der Waals surface area contributed by atoms with E-state index in [-0.39, 0.29) is 12.3 Å². The van der Waals surface area contributed by atoms with Crippen LogP contribution in [0.25, 0.3) is 0 Å². The van der Waals surface area contributed by atoms with E-state index in [4.69, 9.17) is 5.26 Å². The van der Waals surface area contributed by atoms with Crippen LogP contribution in [0, 0.1) is 11.3 Å². The van der Waals surface area contributed by atoms with Gasteiger partial charge in [-0.1, -0.05) is 13.0 Å². The lowest BCUT2D eigenvalue weighted by Gasteiger charge is -2.10. The van der Waals surface area contributed by atoms with Crippen LogP contribution in [0.1, 0.15) is 24.6 Å². The highest BCUT2D eigenvalue weighted by molar-refractivity contribution is 7.09. The summed E-state index contributed by atoms with van der Waals surface area (Å²) in [5.41, 5.74) is 0. The molecule has 0 saturated carbocycles. The van der Waals surface area contributed by atoms with Gasteiger partial charge in [-0.15, -0.1) is 11.3 Å². The number of nitriles is 1. The largest absolute Gasteiger partial charge is 0.356 e. The first-order valence-corrected chi connectivity index (χ1v) is 6.56. The van der Waals surface area contributed by atoms with E-state index in [2.05, 4.69) is 16.7 Å². The van der Waals surface area contributed by atoms with Gasteiger partial charge in [0.05, 0.1) is 12.5 Å². The van der Waals surface area contributed by atoms with Crippen LogP contribution in [0.5, 0.6) is 0 Å². The molecule has 1 rings (SSSR count). The molecule has 4 nitrogen and oxygen atoms in total. The average molecular weight is 251 g/mol. The number of nitrogens with zero attached hydrogens (tertiary/aromatic N) is 1. The van der Waals surface area contributed by atoms with Gasteiger partial charge in [0.15, 0.2) is 0 Å². The first-order chi connectivity index (χ1) is 8.26. The Bertz CT molecular complexity index is 370. The maximum absolute atomic E-state index is 11.4. The van der Waals surface area contributed by atoms with Crippen molar-refractivity contribution in [1.82, 2.24) is 10.6 Å². The van der Waals surface area contributed by atoms with Crippen molar-refractivity contribution < 1.29 is 4.79 Å². The Hall–Kier alpha value is -1.38. The highest BCUT2D eigenvalue weighted by Gasteiger charge is 2.12. The van der Waals surface area contributed by atoms with Gasteiger partial charge in [-0.25, -0.2) is 0 Å². The molecule has 0 aliphatic rings. The van der Waals surface area contributed by atoms with Gasteiger partial charge >= 0.3 is 0 Å². The van der Waals surface area contributed by atoms with E-state index in [1.165, 1.54) is 4.88 Å². The maximum atomic E-state index is 11.4. The molecule has 0 spiro atoms. The average Bonchev–Trinajstić information content (AvgIpc) is 2.84. The van der Waals surface area contributed by atoms with Crippen LogP contribution in [0.4, 0.5) is 0 Å². The van der Waals surface area contributed by atoms with E-state index < -0.39 is 6.04 Å². The van der Waals surface area contributed by atoms with Crippen LogP contribution in [0.2, 0.25) is 0 Å². The fourth-order valence-corrected chi connectivity index (χ4v) is 1.98. The molecule has 0 saturated heterocycles. The summed E-state index contributed by atoms with van der Waals surface area (Å²) in [5, 5.41) is 16.8. The van der Waals surface area contributed by atoms with Crippen molar-refractivity contribution in [3.05, 3.63) is 22.4 Å². The van der Waals surface area contributed by atoms with E-state index in [9.17, 15) is 4.79 Å². The number of hydrogen-bond acceptors (Lipinski definition) is 4. The van der Waals surface area contributed by atoms with Crippen molar-refractivity contribution >= 4 is 17.2 Å². The summed E-state index contributed by atoms with van der Waals surface area (Å²) in [6.45, 7) is 3.30. The van der Waals surface area contributed by atoms with Crippen LogP contribution in [-0.4, -0.2) is 18.5 Å². The molecule has 1 heterocycles. The van der Waals surface area contributed by atoms with Crippen LogP contribution < -0.4 is 10.6 Å². The first-order valence-electron chi connectivity index (χ1n) is 5.68. The number of carbonyl (C=O) groups is 1. The number of thiophene rings is 1. The molecule has 0 aliphatic carbocycles. The van der Waals surface area contributed by atoms with Gasteiger partial charge in [-0.05, 0) is 17.9 Å². The SMILES string of the molecule is CCCNC(=O)CC(C#N)NCc1cccs1. The van der Waals surface area contributed by atoms with Crippen LogP contribution in [-0.2, 0) is 11.3 Å². The Balaban J connectivity index is 2.29. The van der Waals surface area contributed by atoms with Crippen molar-refractivity contribution in [2.45, 2.75) is 32.4 Å². The molecule has 0 aliphatic heterocycles. The smallest absolute Gasteiger partial charge is 0.222 e. The molecule has 1 unspecified atom stereocenters. The first kappa shape index (κ1) is 13.7. The number of rotatable bonds is 7. The van der Waals surface area contributed by atoms with Gasteiger partial charge in [-0.3, -0.25) is 10.1 Å². The quantitative estimate of drug-likeness (QED) is 0.774. The van der Waals surface area contributed by atoms with Crippen LogP contribution in [0.3, 0.4) is 0 Å². The molecule has 0 radical (unpaired) electrons. The number of nitrogens with one attached hydrogen (secondary N) is 2. The summed E-state index contributed by atoms with van der Waals surface area (Å²) >= 11 is 1.64. The second-order valence-electron chi connectivity index (χ2n) is 3.70. The summed E-state index contributed by atoms with van der Waals surface area (Å²) < 4.78 is 0. The van der Waals surface area contributed by atoms with E-state index in [0.717, 1.165) is 6.42 Å². The number of carbonyl (C=O) groups excluding carboxylic acids is 1. The van der Waals surface area contributed by atoms with E-state index in [1.54, 1.807) is 11.3 Å². The molecular formula is C12H17N3OS. The highest BCUT2D eigenvalue weighted by atomic mass is 32.1. The van der Waals surface area contributed by atoms with Gasteiger partial charge in [0.25, 0.3) is 0 Å². The molecule has 1 aromatic heterocycles. The topological polar surface area (TPSA) is 64.9 Å². The molecule has 0 bridgehead atoms. The molecule has 1 amide bonds. The zero-order valence-corrected chi connectivity index (χ0v) is 10.7. The van der Waals surface area contributed by atoms with Gasteiger partial charge in [0.2, 0.25) is 5.91 Å². The van der Waals surface area contributed by atoms with Crippen molar-refractivity contribution in [2.75, 3.05) is 6.54 Å². The maximum Gasteiger partial charge on any atom is 0.222 e. The molecule has 0 fully saturated rings. The Morgan fingerprint density at radius 3 is 3.06 bits per heavy atom. The third kappa shape index (κ3) is 5.48. The Labute approximate surface area is 106 Å². The molecular weight excluding hydrogens is 234 g/mol. The zero-order chi connectivity index (χ0) is 12.5. The summed E-state index contributed by atoms with van der Waals surface area (Å²) in [7, 11) is 0. The summed E-state index contributed by atoms with van der Waals surface area (Å²) in [6.07, 6.45) is 1.12. The third-order valence-electron chi connectivity index (χ3n) is 2.22. The number of amides is 1. The molecule has 0 aromatic carbocycles. The van der Waals surface area contributed by atoms with Crippen molar-refractivity contribution in [3.63, 3.8) is 0 Å². The second-order valence-corrected chi connectivity index (χ2v) is 4.73. The normalized spacial score (nSPS) is 11.8. The lowest BCUT2D eigenvalue weighted by atomic mass is 10.2. The van der Waals surface area contributed by atoms with Gasteiger partial charge in [-0.2, -0.15) is 5.26 Å².